The van der Waals surface area contributed by atoms with Crippen LogP contribution in [0.5, 0.6) is 5.75 Å². The zero-order valence-electron chi connectivity index (χ0n) is 11.3. The fraction of sp³-hybridized carbons (Fsp3) is 0.308. The molecule has 0 unspecified atom stereocenters. The topological polar surface area (TPSA) is 79.5 Å². The molecule has 1 aliphatic rings. The quantitative estimate of drug-likeness (QED) is 0.483. The van der Waals surface area contributed by atoms with E-state index in [1.54, 1.807) is 12.1 Å². The van der Waals surface area contributed by atoms with Crippen LogP contribution in [0.15, 0.2) is 27.1 Å². The zero-order valence-corrected chi connectivity index (χ0v) is 15.3. The number of rotatable bonds is 4. The molecule has 0 atom stereocenters. The number of hydrogen-bond acceptors (Lipinski definition) is 4. The normalized spacial score (nSPS) is 13.2. The number of hydrogen-bond donors (Lipinski definition) is 3. The van der Waals surface area contributed by atoms with Crippen molar-refractivity contribution >= 4 is 61.0 Å². The first-order valence-corrected chi connectivity index (χ1v) is 8.42. The van der Waals surface area contributed by atoms with Crippen molar-refractivity contribution < 1.29 is 14.3 Å². The SMILES string of the molecule is O=C(COc1ccc(Br)cc1Br)NC(=S)NNC(=O)C1CC1. The van der Waals surface area contributed by atoms with Gasteiger partial charge in [-0.1, -0.05) is 15.9 Å². The summed E-state index contributed by atoms with van der Waals surface area (Å²) in [7, 11) is 0. The molecular formula is C13H13Br2N3O3S. The van der Waals surface area contributed by atoms with Gasteiger partial charge in [-0.25, -0.2) is 0 Å². The van der Waals surface area contributed by atoms with Crippen LogP contribution in [0.2, 0.25) is 0 Å². The number of benzene rings is 1. The van der Waals surface area contributed by atoms with Gasteiger partial charge >= 0.3 is 0 Å². The number of halogens is 2. The van der Waals surface area contributed by atoms with Crippen molar-refractivity contribution in [2.24, 2.45) is 5.92 Å². The van der Waals surface area contributed by atoms with Crippen LogP contribution < -0.4 is 20.9 Å². The van der Waals surface area contributed by atoms with Gasteiger partial charge in [-0.2, -0.15) is 0 Å². The van der Waals surface area contributed by atoms with Gasteiger partial charge in [0.2, 0.25) is 5.91 Å². The lowest BCUT2D eigenvalue weighted by atomic mass is 10.3. The molecule has 3 N–H and O–H groups in total. The number of thiocarbonyl (C=S) groups is 1. The maximum Gasteiger partial charge on any atom is 0.264 e. The van der Waals surface area contributed by atoms with Gasteiger partial charge in [-0.15, -0.1) is 0 Å². The Kier molecular flexibility index (Phi) is 6.16. The monoisotopic (exact) mass is 449 g/mol. The predicted molar refractivity (Wildman–Crippen MR) is 92.1 cm³/mol. The molecule has 1 fully saturated rings. The molecule has 0 saturated heterocycles. The molecule has 1 aromatic carbocycles. The van der Waals surface area contributed by atoms with E-state index in [0.29, 0.717) is 5.75 Å². The highest BCUT2D eigenvalue weighted by molar-refractivity contribution is 9.11. The molecule has 22 heavy (non-hydrogen) atoms. The standard InChI is InChI=1S/C13H13Br2N3O3S/c14-8-3-4-10(9(15)5-8)21-6-11(19)16-13(22)18-17-12(20)7-1-2-7/h3-5,7H,1-2,6H2,(H,17,20)(H2,16,18,19,22). The molecule has 9 heteroatoms. The predicted octanol–water partition coefficient (Wildman–Crippen LogP) is 2.02. The number of carbonyl (C=O) groups excluding carboxylic acids is 2. The van der Waals surface area contributed by atoms with E-state index in [1.165, 1.54) is 0 Å². The van der Waals surface area contributed by atoms with Crippen LogP contribution in [0, 0.1) is 5.92 Å². The van der Waals surface area contributed by atoms with E-state index in [9.17, 15) is 9.59 Å². The second kappa shape index (κ2) is 7.89. The van der Waals surface area contributed by atoms with Crippen molar-refractivity contribution in [2.45, 2.75) is 12.8 Å². The van der Waals surface area contributed by atoms with Crippen molar-refractivity contribution in [3.63, 3.8) is 0 Å². The Morgan fingerprint density at radius 2 is 2.00 bits per heavy atom. The molecule has 2 rings (SSSR count). The lowest BCUT2D eigenvalue weighted by molar-refractivity contribution is -0.123. The molecule has 6 nitrogen and oxygen atoms in total. The average molecular weight is 451 g/mol. The Labute approximate surface area is 149 Å². The number of carbonyl (C=O) groups is 2. The van der Waals surface area contributed by atoms with Gasteiger partial charge in [0.05, 0.1) is 4.47 Å². The molecule has 1 aromatic rings. The maximum absolute atomic E-state index is 11.7. The second-order valence-corrected chi connectivity index (χ2v) is 6.81. The third kappa shape index (κ3) is 5.54. The summed E-state index contributed by atoms with van der Waals surface area (Å²) in [4.78, 5) is 23.1. The maximum atomic E-state index is 11.7. The second-order valence-electron chi connectivity index (χ2n) is 4.63. The van der Waals surface area contributed by atoms with Crippen LogP contribution in [0.4, 0.5) is 0 Å². The molecule has 2 amide bonds. The van der Waals surface area contributed by atoms with Gasteiger partial charge < -0.3 is 4.74 Å². The van der Waals surface area contributed by atoms with Crippen molar-refractivity contribution in [1.82, 2.24) is 16.2 Å². The van der Waals surface area contributed by atoms with Crippen molar-refractivity contribution in [1.29, 1.82) is 0 Å². The minimum atomic E-state index is -0.423. The lowest BCUT2D eigenvalue weighted by Gasteiger charge is -2.11. The Balaban J connectivity index is 1.70. The molecule has 1 saturated carbocycles. The largest absolute Gasteiger partial charge is 0.483 e. The number of ether oxygens (including phenoxy) is 1. The van der Waals surface area contributed by atoms with Crippen molar-refractivity contribution in [2.75, 3.05) is 6.61 Å². The van der Waals surface area contributed by atoms with E-state index in [4.69, 9.17) is 17.0 Å². The van der Waals surface area contributed by atoms with E-state index in [0.717, 1.165) is 21.8 Å². The van der Waals surface area contributed by atoms with Gasteiger partial charge in [-0.05, 0) is 59.2 Å². The molecule has 0 spiro atoms. The fourth-order valence-electron chi connectivity index (χ4n) is 1.50. The van der Waals surface area contributed by atoms with Gasteiger partial charge in [0.25, 0.3) is 5.91 Å². The Bertz CT molecular complexity index is 608. The Morgan fingerprint density at radius 1 is 1.27 bits per heavy atom. The number of hydrazine groups is 1. The average Bonchev–Trinajstić information content (AvgIpc) is 3.28. The van der Waals surface area contributed by atoms with Crippen LogP contribution in [-0.4, -0.2) is 23.5 Å². The number of amides is 2. The summed E-state index contributed by atoms with van der Waals surface area (Å²) in [5, 5.41) is 2.44. The van der Waals surface area contributed by atoms with Crippen LogP contribution in [0.25, 0.3) is 0 Å². The molecular weight excluding hydrogens is 438 g/mol. The smallest absolute Gasteiger partial charge is 0.264 e. The van der Waals surface area contributed by atoms with Crippen LogP contribution in [0.3, 0.4) is 0 Å². The molecule has 0 aliphatic heterocycles. The van der Waals surface area contributed by atoms with Crippen molar-refractivity contribution in [3.05, 3.63) is 27.1 Å². The minimum absolute atomic E-state index is 0.0254. The lowest BCUT2D eigenvalue weighted by Crippen LogP contribution is -2.49. The first-order chi connectivity index (χ1) is 10.5. The van der Waals surface area contributed by atoms with E-state index in [2.05, 4.69) is 48.0 Å². The summed E-state index contributed by atoms with van der Waals surface area (Å²) in [5.74, 6) is 0.0583. The van der Waals surface area contributed by atoms with E-state index in [-0.39, 0.29) is 23.5 Å². The summed E-state index contributed by atoms with van der Waals surface area (Å²) < 4.78 is 7.00. The van der Waals surface area contributed by atoms with Gasteiger partial charge in [-0.3, -0.25) is 25.8 Å². The molecule has 1 aliphatic carbocycles. The third-order valence-corrected chi connectivity index (χ3v) is 4.07. The Morgan fingerprint density at radius 3 is 2.64 bits per heavy atom. The van der Waals surface area contributed by atoms with Crippen molar-refractivity contribution in [3.8, 4) is 5.75 Å². The van der Waals surface area contributed by atoms with E-state index >= 15 is 0 Å². The highest BCUT2D eigenvalue weighted by atomic mass is 79.9. The summed E-state index contributed by atoms with van der Waals surface area (Å²) in [6.07, 6.45) is 1.78. The Hall–Kier alpha value is -1.19. The third-order valence-electron chi connectivity index (χ3n) is 2.75. The summed E-state index contributed by atoms with van der Waals surface area (Å²) in [5.41, 5.74) is 4.92. The van der Waals surface area contributed by atoms with Gasteiger partial charge in [0.1, 0.15) is 5.75 Å². The number of nitrogens with one attached hydrogen (secondary N) is 3. The van der Waals surface area contributed by atoms with Crippen LogP contribution in [-0.2, 0) is 9.59 Å². The molecule has 0 radical (unpaired) electrons. The summed E-state index contributed by atoms with van der Waals surface area (Å²) in [6.45, 7) is -0.196. The molecule has 118 valence electrons. The van der Waals surface area contributed by atoms with Gasteiger partial charge in [0, 0.05) is 10.4 Å². The highest BCUT2D eigenvalue weighted by Gasteiger charge is 2.29. The molecule has 0 bridgehead atoms. The molecule has 0 aromatic heterocycles. The van der Waals surface area contributed by atoms with E-state index < -0.39 is 5.91 Å². The van der Waals surface area contributed by atoms with E-state index in [1.807, 2.05) is 6.07 Å². The summed E-state index contributed by atoms with van der Waals surface area (Å²) in [6, 6.07) is 5.35. The highest BCUT2D eigenvalue weighted by Crippen LogP contribution is 2.28. The van der Waals surface area contributed by atoms with Crippen LogP contribution >= 0.6 is 44.1 Å². The van der Waals surface area contributed by atoms with Crippen LogP contribution in [0.1, 0.15) is 12.8 Å². The minimum Gasteiger partial charge on any atom is -0.483 e. The molecule has 0 heterocycles. The zero-order chi connectivity index (χ0) is 16.1. The summed E-state index contributed by atoms with van der Waals surface area (Å²) >= 11 is 11.6. The first kappa shape index (κ1) is 17.2. The van der Waals surface area contributed by atoms with Gasteiger partial charge in [0.15, 0.2) is 11.7 Å². The fourth-order valence-corrected chi connectivity index (χ4v) is 2.82. The first-order valence-electron chi connectivity index (χ1n) is 6.43.